The van der Waals surface area contributed by atoms with E-state index in [1.165, 1.54) is 17.1 Å². The average molecular weight is 364 g/mol. The number of nitrogens with two attached hydrogens (primary N) is 1. The normalized spacial score (nSPS) is 22.8. The van der Waals surface area contributed by atoms with Gasteiger partial charge in [-0.3, -0.25) is 19.3 Å². The van der Waals surface area contributed by atoms with Gasteiger partial charge < -0.3 is 10.8 Å². The molecule has 2 rings (SSSR count). The van der Waals surface area contributed by atoms with Crippen molar-refractivity contribution in [3.63, 3.8) is 0 Å². The van der Waals surface area contributed by atoms with Gasteiger partial charge in [0.2, 0.25) is 0 Å². The largest absolute Gasteiger partial charge is 0.490 e. The average Bonchev–Trinajstić information content (AvgIpc) is 3.07. The molecule has 10 heteroatoms. The molecule has 1 aliphatic carbocycles. The summed E-state index contributed by atoms with van der Waals surface area (Å²) in [5, 5.41) is 7.12. The molecule has 0 bridgehead atoms. The summed E-state index contributed by atoms with van der Waals surface area (Å²) in [4.78, 5) is 44.5. The first-order chi connectivity index (χ1) is 11.5. The molecule has 0 aromatic carbocycles. The number of carbonyl (C=O) groups excluding carboxylic acids is 3. The van der Waals surface area contributed by atoms with Crippen LogP contribution in [0.2, 0.25) is 0 Å². The third-order valence-corrected chi connectivity index (χ3v) is 3.88. The Morgan fingerprint density at radius 2 is 1.72 bits per heavy atom. The van der Waals surface area contributed by atoms with Gasteiger partial charge in [0.05, 0.1) is 0 Å². The summed E-state index contributed by atoms with van der Waals surface area (Å²) < 4.78 is 31.7. The number of carbonyl (C=O) groups is 4. The summed E-state index contributed by atoms with van der Waals surface area (Å²) in [7, 11) is 0. The quantitative estimate of drug-likeness (QED) is 0.704. The minimum Gasteiger partial charge on any atom is -0.475 e. The molecule has 1 aliphatic heterocycles. The van der Waals surface area contributed by atoms with Crippen molar-refractivity contribution in [2.45, 2.75) is 44.3 Å². The highest BCUT2D eigenvalue weighted by atomic mass is 19.4. The molecule has 0 radical (unpaired) electrons. The Labute approximate surface area is 141 Å². The molecule has 2 atom stereocenters. The number of nitrogens with zero attached hydrogens (tertiary/aromatic N) is 1. The summed E-state index contributed by atoms with van der Waals surface area (Å²) in [6.07, 6.45) is 0.993. The summed E-state index contributed by atoms with van der Waals surface area (Å²) in [5.74, 6) is -3.02. The Morgan fingerprint density at radius 3 is 2.12 bits per heavy atom. The van der Waals surface area contributed by atoms with E-state index < -0.39 is 12.1 Å². The minimum absolute atomic E-state index is 0.0862. The fourth-order valence-corrected chi connectivity index (χ4v) is 2.58. The molecule has 0 unspecified atom stereocenters. The molecule has 0 aromatic rings. The van der Waals surface area contributed by atoms with Gasteiger partial charge in [-0.2, -0.15) is 13.2 Å². The molecular formula is C15H19F3N2O5. The first kappa shape index (κ1) is 20.8. The Hall–Kier alpha value is -2.23. The van der Waals surface area contributed by atoms with E-state index in [4.69, 9.17) is 15.6 Å². The summed E-state index contributed by atoms with van der Waals surface area (Å²) in [5.41, 5.74) is 5.77. The van der Waals surface area contributed by atoms with Crippen LogP contribution in [0.15, 0.2) is 12.2 Å². The lowest BCUT2D eigenvalue weighted by molar-refractivity contribution is -0.192. The third-order valence-electron chi connectivity index (χ3n) is 3.88. The second-order valence-corrected chi connectivity index (χ2v) is 5.80. The number of rotatable bonds is 5. The number of alkyl halides is 3. The van der Waals surface area contributed by atoms with E-state index in [0.717, 1.165) is 19.3 Å². The zero-order chi connectivity index (χ0) is 19.2. The molecule has 1 heterocycles. The molecule has 0 spiro atoms. The number of amides is 2. The van der Waals surface area contributed by atoms with Crippen LogP contribution in [0.25, 0.3) is 0 Å². The molecule has 1 fully saturated rings. The SMILES string of the molecule is N[C@H]1CC[C@H](C(=O)CCCN2C(=O)C=CC2=O)C1.O=C(O)C(F)(F)F. The number of imide groups is 1. The second kappa shape index (κ2) is 8.75. The molecule has 2 aliphatic rings. The molecular weight excluding hydrogens is 345 g/mol. The maximum absolute atomic E-state index is 11.9. The van der Waals surface area contributed by atoms with Gasteiger partial charge in [0.1, 0.15) is 5.78 Å². The van der Waals surface area contributed by atoms with Crippen molar-refractivity contribution < 1.29 is 37.5 Å². The maximum atomic E-state index is 11.9. The van der Waals surface area contributed by atoms with E-state index in [2.05, 4.69) is 0 Å². The zero-order valence-corrected chi connectivity index (χ0v) is 13.3. The minimum atomic E-state index is -5.08. The predicted molar refractivity (Wildman–Crippen MR) is 79.1 cm³/mol. The summed E-state index contributed by atoms with van der Waals surface area (Å²) >= 11 is 0. The number of hydrogen-bond acceptors (Lipinski definition) is 5. The number of halogens is 3. The lowest BCUT2D eigenvalue weighted by Crippen LogP contribution is -2.31. The van der Waals surface area contributed by atoms with Crippen LogP contribution in [0.4, 0.5) is 13.2 Å². The number of carboxylic acid groups (broad SMARTS) is 1. The lowest BCUT2D eigenvalue weighted by atomic mass is 9.98. The highest BCUT2D eigenvalue weighted by molar-refractivity contribution is 6.12. The lowest BCUT2D eigenvalue weighted by Gasteiger charge is -2.14. The van der Waals surface area contributed by atoms with Crippen molar-refractivity contribution in [2.75, 3.05) is 6.54 Å². The predicted octanol–water partition coefficient (Wildman–Crippen LogP) is 1.02. The fraction of sp³-hybridized carbons (Fsp3) is 0.600. The zero-order valence-electron chi connectivity index (χ0n) is 13.3. The van der Waals surface area contributed by atoms with Gasteiger partial charge in [0.15, 0.2) is 0 Å². The molecule has 2 amide bonds. The maximum Gasteiger partial charge on any atom is 0.490 e. The van der Waals surface area contributed by atoms with Crippen LogP contribution in [0.1, 0.15) is 32.1 Å². The Kier molecular flexibility index (Phi) is 7.28. The van der Waals surface area contributed by atoms with E-state index in [-0.39, 0.29) is 29.6 Å². The smallest absolute Gasteiger partial charge is 0.475 e. The van der Waals surface area contributed by atoms with Crippen molar-refractivity contribution in [1.29, 1.82) is 0 Å². The van der Waals surface area contributed by atoms with Crippen LogP contribution in [0.3, 0.4) is 0 Å². The Bertz CT molecular complexity index is 556. The van der Waals surface area contributed by atoms with Crippen molar-refractivity contribution in [1.82, 2.24) is 4.90 Å². The first-order valence-electron chi connectivity index (χ1n) is 7.64. The van der Waals surface area contributed by atoms with Crippen LogP contribution in [-0.2, 0) is 19.2 Å². The van der Waals surface area contributed by atoms with Crippen molar-refractivity contribution in [3.05, 3.63) is 12.2 Å². The molecule has 0 aromatic heterocycles. The first-order valence-corrected chi connectivity index (χ1v) is 7.64. The monoisotopic (exact) mass is 364 g/mol. The summed E-state index contributed by atoms with van der Waals surface area (Å²) in [6, 6.07) is 0.157. The van der Waals surface area contributed by atoms with E-state index in [1.54, 1.807) is 0 Å². The van der Waals surface area contributed by atoms with Crippen molar-refractivity contribution in [2.24, 2.45) is 11.7 Å². The highest BCUT2D eigenvalue weighted by Crippen LogP contribution is 2.26. The van der Waals surface area contributed by atoms with E-state index in [9.17, 15) is 27.6 Å². The number of aliphatic carboxylic acids is 1. The van der Waals surface area contributed by atoms with Crippen LogP contribution in [0, 0.1) is 5.92 Å². The topological polar surface area (TPSA) is 118 Å². The number of ketones is 1. The van der Waals surface area contributed by atoms with E-state index >= 15 is 0 Å². The molecule has 3 N–H and O–H groups in total. The van der Waals surface area contributed by atoms with Crippen LogP contribution in [0.5, 0.6) is 0 Å². The Morgan fingerprint density at radius 1 is 1.20 bits per heavy atom. The van der Waals surface area contributed by atoms with Crippen LogP contribution in [-0.4, -0.2) is 52.3 Å². The van der Waals surface area contributed by atoms with Gasteiger partial charge in [-0.15, -0.1) is 0 Å². The second-order valence-electron chi connectivity index (χ2n) is 5.80. The van der Waals surface area contributed by atoms with Crippen molar-refractivity contribution in [3.8, 4) is 0 Å². The van der Waals surface area contributed by atoms with Gasteiger partial charge in [-0.05, 0) is 25.7 Å². The third kappa shape index (κ3) is 6.65. The van der Waals surface area contributed by atoms with Gasteiger partial charge >= 0.3 is 12.1 Å². The van der Waals surface area contributed by atoms with E-state index in [1.807, 2.05) is 0 Å². The molecule has 140 valence electrons. The molecule has 7 nitrogen and oxygen atoms in total. The van der Waals surface area contributed by atoms with Crippen molar-refractivity contribution >= 4 is 23.6 Å². The van der Waals surface area contributed by atoms with Gasteiger partial charge in [0.25, 0.3) is 11.8 Å². The standard InChI is InChI=1S/C13H18N2O3.C2HF3O2/c14-10-4-3-9(8-10)11(16)2-1-7-15-12(17)5-6-13(15)18;3-2(4,5)1(6)7/h5-6,9-10H,1-4,7-8,14H2;(H,6,7)/t9-,10-;/m0./s1. The number of hydrogen-bond donors (Lipinski definition) is 2. The van der Waals surface area contributed by atoms with E-state index in [0.29, 0.717) is 19.4 Å². The van der Waals surface area contributed by atoms with Gasteiger partial charge in [-0.25, -0.2) is 4.79 Å². The highest BCUT2D eigenvalue weighted by Gasteiger charge is 2.38. The Balaban J connectivity index is 0.000000381. The molecule has 25 heavy (non-hydrogen) atoms. The van der Waals surface area contributed by atoms with Crippen LogP contribution < -0.4 is 5.73 Å². The summed E-state index contributed by atoms with van der Waals surface area (Å²) in [6.45, 7) is 0.329. The van der Waals surface area contributed by atoms with Gasteiger partial charge in [0, 0.05) is 37.1 Å². The molecule has 1 saturated carbocycles. The molecule has 0 saturated heterocycles. The van der Waals surface area contributed by atoms with Crippen LogP contribution >= 0.6 is 0 Å². The number of Topliss-reactive ketones (excluding diaryl/α,β-unsaturated/α-hetero) is 1. The van der Waals surface area contributed by atoms with Gasteiger partial charge in [-0.1, -0.05) is 0 Å². The number of carboxylic acids is 1. The fourth-order valence-electron chi connectivity index (χ4n) is 2.58.